The van der Waals surface area contributed by atoms with E-state index in [0.29, 0.717) is 25.7 Å². The average molecular weight is 399 g/mol. The van der Waals surface area contributed by atoms with Gasteiger partial charge in [-0.15, -0.1) is 0 Å². The van der Waals surface area contributed by atoms with Gasteiger partial charge in [0.1, 0.15) is 5.78 Å². The van der Waals surface area contributed by atoms with Gasteiger partial charge in [0.15, 0.2) is 0 Å². The van der Waals surface area contributed by atoms with E-state index in [0.717, 1.165) is 19.3 Å². The van der Waals surface area contributed by atoms with Gasteiger partial charge in [-0.3, -0.25) is 9.59 Å². The Kier molecular flexibility index (Phi) is 10.4. The van der Waals surface area contributed by atoms with E-state index in [-0.39, 0.29) is 35.9 Å². The maximum Gasteiger partial charge on any atom is 0.305 e. The minimum atomic E-state index is -1.02. The number of carbonyl (C=O) groups excluding carboxylic acids is 1. The second-order valence-electron chi connectivity index (χ2n) is 8.88. The van der Waals surface area contributed by atoms with Crippen molar-refractivity contribution in [1.29, 1.82) is 0 Å². The lowest BCUT2D eigenvalue weighted by Crippen LogP contribution is -2.28. The van der Waals surface area contributed by atoms with Gasteiger partial charge in [-0.2, -0.15) is 0 Å². The monoisotopic (exact) mass is 398 g/mol. The molecule has 1 aliphatic carbocycles. The maximum absolute atomic E-state index is 12.3. The Labute approximate surface area is 168 Å². The van der Waals surface area contributed by atoms with Crippen LogP contribution in [0.2, 0.25) is 0 Å². The summed E-state index contributed by atoms with van der Waals surface area (Å²) in [6.45, 7) is 6.16. The van der Waals surface area contributed by atoms with E-state index in [1.54, 1.807) is 12.2 Å². The Morgan fingerprint density at radius 3 is 2.54 bits per heavy atom. The second-order valence-corrected chi connectivity index (χ2v) is 8.88. The highest BCUT2D eigenvalue weighted by Gasteiger charge is 2.39. The van der Waals surface area contributed by atoms with Gasteiger partial charge in [0.2, 0.25) is 0 Å². The molecule has 0 radical (unpaired) electrons. The van der Waals surface area contributed by atoms with E-state index in [4.69, 9.17) is 5.11 Å². The largest absolute Gasteiger partial charge is 0.481 e. The normalized spacial score (nSPS) is 25.4. The molecule has 6 heteroatoms. The third-order valence-electron chi connectivity index (χ3n) is 5.94. The zero-order chi connectivity index (χ0) is 21.3. The van der Waals surface area contributed by atoms with Crippen LogP contribution in [-0.4, -0.2) is 50.5 Å². The lowest BCUT2D eigenvalue weighted by Gasteiger charge is -2.29. The van der Waals surface area contributed by atoms with Gasteiger partial charge in [-0.1, -0.05) is 58.6 Å². The smallest absolute Gasteiger partial charge is 0.305 e. The number of hydrogen-bond donors (Lipinski definition) is 4. The van der Waals surface area contributed by atoms with E-state index in [2.05, 4.69) is 6.92 Å². The summed E-state index contributed by atoms with van der Waals surface area (Å²) in [5.41, 5.74) is -0.254. The molecule has 4 N–H and O–H groups in total. The van der Waals surface area contributed by atoms with Crippen LogP contribution >= 0.6 is 0 Å². The average Bonchev–Trinajstić information content (AvgIpc) is 2.87. The van der Waals surface area contributed by atoms with Crippen LogP contribution in [0.15, 0.2) is 12.2 Å². The Bertz CT molecular complexity index is 527. The van der Waals surface area contributed by atoms with Crippen molar-refractivity contribution >= 4 is 11.8 Å². The van der Waals surface area contributed by atoms with Gasteiger partial charge in [-0.05, 0) is 24.7 Å². The molecule has 0 aliphatic heterocycles. The molecule has 0 amide bonds. The number of unbranched alkanes of at least 4 members (excludes halogenated alkanes) is 2. The predicted octanol–water partition coefficient (Wildman–Crippen LogP) is 3.08. The summed E-state index contributed by atoms with van der Waals surface area (Å²) < 4.78 is 0. The number of ketones is 1. The van der Waals surface area contributed by atoms with Crippen LogP contribution in [0.5, 0.6) is 0 Å². The van der Waals surface area contributed by atoms with Crippen LogP contribution in [0.25, 0.3) is 0 Å². The molecule has 162 valence electrons. The van der Waals surface area contributed by atoms with Gasteiger partial charge in [0.05, 0.1) is 24.7 Å². The fourth-order valence-electron chi connectivity index (χ4n) is 3.91. The van der Waals surface area contributed by atoms with Gasteiger partial charge in [0, 0.05) is 18.3 Å². The topological polar surface area (TPSA) is 115 Å². The van der Waals surface area contributed by atoms with Crippen molar-refractivity contribution in [1.82, 2.24) is 0 Å². The van der Waals surface area contributed by atoms with Crippen molar-refractivity contribution in [2.45, 2.75) is 96.9 Å². The zero-order valence-corrected chi connectivity index (χ0v) is 17.5. The molecule has 1 saturated carbocycles. The molecule has 6 nitrogen and oxygen atoms in total. The lowest BCUT2D eigenvalue weighted by molar-refractivity contribution is -0.139. The number of aliphatic hydroxyl groups excluding tert-OH is 3. The number of rotatable bonds is 13. The molecular formula is C22H38O6. The van der Waals surface area contributed by atoms with Crippen LogP contribution in [-0.2, 0) is 9.59 Å². The third-order valence-corrected chi connectivity index (χ3v) is 5.94. The molecule has 5 atom stereocenters. The van der Waals surface area contributed by atoms with Crippen LogP contribution < -0.4 is 0 Å². The highest BCUT2D eigenvalue weighted by molar-refractivity contribution is 5.84. The number of Topliss-reactive ketones (excluding diaryl/α,β-unsaturated/α-hetero) is 1. The highest BCUT2D eigenvalue weighted by atomic mass is 16.4. The number of aliphatic carboxylic acids is 1. The minimum Gasteiger partial charge on any atom is -0.481 e. The molecule has 28 heavy (non-hydrogen) atoms. The van der Waals surface area contributed by atoms with Gasteiger partial charge in [0.25, 0.3) is 0 Å². The number of carbonyl (C=O) groups is 2. The first kappa shape index (κ1) is 24.8. The summed E-state index contributed by atoms with van der Waals surface area (Å²) in [7, 11) is 0. The van der Waals surface area contributed by atoms with Gasteiger partial charge < -0.3 is 20.4 Å². The number of aliphatic hydroxyl groups is 3. The Balaban J connectivity index is 2.58. The third kappa shape index (κ3) is 8.02. The summed E-state index contributed by atoms with van der Waals surface area (Å²) in [5.74, 6) is -1.57. The van der Waals surface area contributed by atoms with Crippen molar-refractivity contribution < 1.29 is 30.0 Å². The molecule has 0 aromatic heterocycles. The molecule has 0 spiro atoms. The first-order chi connectivity index (χ1) is 13.1. The number of carboxylic acids is 1. The molecule has 0 bridgehead atoms. The number of hydrogen-bond acceptors (Lipinski definition) is 5. The van der Waals surface area contributed by atoms with E-state index >= 15 is 0 Å². The highest BCUT2D eigenvalue weighted by Crippen LogP contribution is 2.35. The SMILES string of the molecule is CCCCC(C)(C)[C@H](O)C=C[C@H]1[C@H](O)CC(=O)[C@@H]1CCCCC(O)CC(=O)O. The standard InChI is InChI=1S/C22H38O6/c1-4-5-12-22(2,3)20(26)11-10-17-16(18(24)14-19(17)25)9-7-6-8-15(23)13-21(27)28/h10-11,15-17,19-20,23,25-26H,4-9,12-14H2,1-3H3,(H,27,28)/t15?,16-,17-,19-,20-/m1/s1. The first-order valence-electron chi connectivity index (χ1n) is 10.6. The zero-order valence-electron chi connectivity index (χ0n) is 17.5. The Morgan fingerprint density at radius 2 is 1.93 bits per heavy atom. The molecule has 1 aliphatic rings. The maximum atomic E-state index is 12.3. The van der Waals surface area contributed by atoms with Crippen molar-refractivity contribution in [3.8, 4) is 0 Å². The molecule has 0 heterocycles. The number of carboxylic acid groups (broad SMARTS) is 1. The fraction of sp³-hybridized carbons (Fsp3) is 0.818. The molecule has 1 rings (SSSR count). The van der Waals surface area contributed by atoms with Crippen molar-refractivity contribution in [3.63, 3.8) is 0 Å². The predicted molar refractivity (Wildman–Crippen MR) is 108 cm³/mol. The van der Waals surface area contributed by atoms with E-state index in [1.165, 1.54) is 0 Å². The lowest BCUT2D eigenvalue weighted by atomic mass is 9.80. The molecule has 1 fully saturated rings. The Morgan fingerprint density at radius 1 is 1.25 bits per heavy atom. The van der Waals surface area contributed by atoms with Gasteiger partial charge in [-0.25, -0.2) is 0 Å². The second kappa shape index (κ2) is 11.7. The molecule has 0 aromatic rings. The molecule has 0 saturated heterocycles. The first-order valence-corrected chi connectivity index (χ1v) is 10.6. The summed E-state index contributed by atoms with van der Waals surface area (Å²) in [6, 6.07) is 0. The van der Waals surface area contributed by atoms with E-state index in [1.807, 2.05) is 13.8 Å². The molecule has 1 unspecified atom stereocenters. The molecular weight excluding hydrogens is 360 g/mol. The van der Waals surface area contributed by atoms with Crippen LogP contribution in [0.4, 0.5) is 0 Å². The van der Waals surface area contributed by atoms with Crippen molar-refractivity contribution in [2.24, 2.45) is 17.3 Å². The van der Waals surface area contributed by atoms with Crippen molar-refractivity contribution in [2.75, 3.05) is 0 Å². The van der Waals surface area contributed by atoms with Crippen LogP contribution in [0.1, 0.15) is 78.6 Å². The summed E-state index contributed by atoms with van der Waals surface area (Å²) >= 11 is 0. The van der Waals surface area contributed by atoms with Crippen LogP contribution in [0.3, 0.4) is 0 Å². The van der Waals surface area contributed by atoms with E-state index < -0.39 is 24.3 Å². The van der Waals surface area contributed by atoms with Gasteiger partial charge >= 0.3 is 5.97 Å². The summed E-state index contributed by atoms with van der Waals surface area (Å²) in [5, 5.41) is 39.1. The minimum absolute atomic E-state index is 0.0352. The molecule has 0 aromatic carbocycles. The van der Waals surface area contributed by atoms with Crippen molar-refractivity contribution in [3.05, 3.63) is 12.2 Å². The summed E-state index contributed by atoms with van der Waals surface area (Å²) in [4.78, 5) is 22.8. The fourth-order valence-corrected chi connectivity index (χ4v) is 3.91. The summed E-state index contributed by atoms with van der Waals surface area (Å²) in [6.07, 6.45) is 6.51. The van der Waals surface area contributed by atoms with Crippen LogP contribution in [0, 0.1) is 17.3 Å². The van der Waals surface area contributed by atoms with E-state index in [9.17, 15) is 24.9 Å². The quantitative estimate of drug-likeness (QED) is 0.280. The Hall–Kier alpha value is -1.24.